The van der Waals surface area contributed by atoms with Crippen molar-refractivity contribution in [1.82, 2.24) is 0 Å². The van der Waals surface area contributed by atoms with Crippen molar-refractivity contribution >= 4 is 23.9 Å². The first-order chi connectivity index (χ1) is 37.6. The Kier molecular flexibility index (Phi) is 45.6. The van der Waals surface area contributed by atoms with E-state index in [1.54, 1.807) is 6.08 Å². The molecule has 6 unspecified atom stereocenters. The summed E-state index contributed by atoms with van der Waals surface area (Å²) in [6.07, 6.45) is 63.6. The molecule has 1 rings (SSSR count). The van der Waals surface area contributed by atoms with E-state index in [1.165, 1.54) is 0 Å². The first-order valence-corrected chi connectivity index (χ1v) is 28.1. The maximum atomic E-state index is 13.1. The molecule has 77 heavy (non-hydrogen) atoms. The van der Waals surface area contributed by atoms with Crippen LogP contribution in [0.25, 0.3) is 0 Å². The summed E-state index contributed by atoms with van der Waals surface area (Å²) in [6, 6.07) is 0. The standard InChI is InChI=1S/C65H94O12/c1-4-7-10-13-16-19-22-25-28-29-32-35-38-41-44-47-50-53-59(68)76-63-61(70)60(69)62(64(71)72)77-65(63)74-55-56(75-58(67)52-49-46-43-40-37-34-31-27-24-21-18-15-12-9-6-3)54-73-57(66)51-48-45-42-39-36-33-30-26-23-20-17-14-11-8-5-2/h7-12,16-21,25-28,30-32,35-37,39-41,44-45,48,56,60-63,65,69-70H,4-6,13-15,22-24,29,33-34,38,42-43,46-47,49-55H2,1-3H3,(H,71,72)/b10-7-,11-8-,12-9-,19-16-,20-17-,21-18-,28-25-,30-26-,31-27-,35-32-,39-36-,40-37-,44-41-,48-45-. The zero-order valence-corrected chi connectivity index (χ0v) is 46.6. The highest BCUT2D eigenvalue weighted by Gasteiger charge is 2.50. The lowest BCUT2D eigenvalue weighted by Crippen LogP contribution is -2.61. The minimum absolute atomic E-state index is 0.0401. The lowest BCUT2D eigenvalue weighted by Gasteiger charge is -2.40. The summed E-state index contributed by atoms with van der Waals surface area (Å²) < 4.78 is 28.1. The van der Waals surface area contributed by atoms with Gasteiger partial charge in [0.05, 0.1) is 13.0 Å². The molecule has 0 aromatic carbocycles. The van der Waals surface area contributed by atoms with Crippen LogP contribution < -0.4 is 0 Å². The first-order valence-electron chi connectivity index (χ1n) is 28.1. The van der Waals surface area contributed by atoms with E-state index >= 15 is 0 Å². The molecule has 1 heterocycles. The molecule has 426 valence electrons. The van der Waals surface area contributed by atoms with Crippen LogP contribution in [0.4, 0.5) is 0 Å². The Hall–Kier alpha value is -5.92. The van der Waals surface area contributed by atoms with Crippen LogP contribution in [0.3, 0.4) is 0 Å². The minimum atomic E-state index is -1.95. The Balaban J connectivity index is 2.84. The van der Waals surface area contributed by atoms with Crippen LogP contribution in [0.2, 0.25) is 0 Å². The number of rotatable bonds is 44. The van der Waals surface area contributed by atoms with Crippen LogP contribution in [-0.4, -0.2) is 89.2 Å². The number of allylic oxidation sites excluding steroid dienone is 27. The van der Waals surface area contributed by atoms with Crippen LogP contribution in [0.1, 0.15) is 162 Å². The quantitative estimate of drug-likeness (QED) is 0.0228. The molecule has 0 aromatic heterocycles. The molecule has 1 fully saturated rings. The lowest BCUT2D eigenvalue weighted by atomic mass is 9.98. The maximum absolute atomic E-state index is 13.1. The Morgan fingerprint density at radius 2 is 0.818 bits per heavy atom. The molecule has 0 aromatic rings. The highest BCUT2D eigenvalue weighted by Crippen LogP contribution is 2.26. The van der Waals surface area contributed by atoms with E-state index in [2.05, 4.69) is 154 Å². The molecule has 0 radical (unpaired) electrons. The monoisotopic (exact) mass is 1070 g/mol. The fraction of sp³-hybridized carbons (Fsp3) is 0.508. The van der Waals surface area contributed by atoms with E-state index in [4.69, 9.17) is 23.7 Å². The second-order valence-electron chi connectivity index (χ2n) is 18.1. The van der Waals surface area contributed by atoms with Gasteiger partial charge in [0.2, 0.25) is 0 Å². The Bertz CT molecular complexity index is 1990. The van der Waals surface area contributed by atoms with Gasteiger partial charge in [-0.25, -0.2) is 4.79 Å². The predicted molar refractivity (Wildman–Crippen MR) is 312 cm³/mol. The van der Waals surface area contributed by atoms with Gasteiger partial charge in [-0.15, -0.1) is 0 Å². The Labute approximate surface area is 462 Å². The average Bonchev–Trinajstić information content (AvgIpc) is 3.43. The molecule has 12 nitrogen and oxygen atoms in total. The normalized spacial score (nSPS) is 19.3. The summed E-state index contributed by atoms with van der Waals surface area (Å²) in [7, 11) is 0. The van der Waals surface area contributed by atoms with Crippen LogP contribution in [0.5, 0.6) is 0 Å². The summed E-state index contributed by atoms with van der Waals surface area (Å²) in [5, 5.41) is 31.4. The zero-order valence-electron chi connectivity index (χ0n) is 46.6. The lowest BCUT2D eigenvalue weighted by molar-refractivity contribution is -0.301. The Morgan fingerprint density at radius 1 is 0.442 bits per heavy atom. The molecule has 1 aliphatic rings. The summed E-state index contributed by atoms with van der Waals surface area (Å²) in [5.74, 6) is -3.46. The fourth-order valence-electron chi connectivity index (χ4n) is 7.11. The summed E-state index contributed by atoms with van der Waals surface area (Å²) >= 11 is 0. The SMILES string of the molecule is CC/C=C\C/C=C\C/C=C\C/C=C\C/C=C\CCCC(=O)OC1C(OCC(COC(=O)C/C=C\C/C=C\C/C=C\C/C=C\C/C=C\CC)OC(=O)CCCC/C=C\C/C=C\C/C=C\C/C=C\CC)OC(C(=O)O)C(O)C1O. The molecule has 0 amide bonds. The molecule has 0 aliphatic carbocycles. The van der Waals surface area contributed by atoms with Crippen molar-refractivity contribution in [3.63, 3.8) is 0 Å². The van der Waals surface area contributed by atoms with Gasteiger partial charge in [-0.2, -0.15) is 0 Å². The van der Waals surface area contributed by atoms with Gasteiger partial charge in [-0.05, 0) is 122 Å². The first kappa shape index (κ1) is 69.1. The fourth-order valence-corrected chi connectivity index (χ4v) is 7.11. The van der Waals surface area contributed by atoms with Crippen molar-refractivity contribution in [3.05, 3.63) is 170 Å². The zero-order chi connectivity index (χ0) is 56.1. The number of aliphatic hydroxyl groups is 2. The highest BCUT2D eigenvalue weighted by molar-refractivity contribution is 5.74. The van der Waals surface area contributed by atoms with Crippen LogP contribution in [0, 0.1) is 0 Å². The number of esters is 3. The van der Waals surface area contributed by atoms with Crippen molar-refractivity contribution in [2.75, 3.05) is 13.2 Å². The molecular weight excluding hydrogens is 973 g/mol. The third kappa shape index (κ3) is 40.9. The number of carbonyl (C=O) groups excluding carboxylic acids is 3. The van der Waals surface area contributed by atoms with Gasteiger partial charge in [-0.3, -0.25) is 14.4 Å². The predicted octanol–water partition coefficient (Wildman–Crippen LogP) is 14.3. The van der Waals surface area contributed by atoms with Gasteiger partial charge >= 0.3 is 23.9 Å². The van der Waals surface area contributed by atoms with Crippen molar-refractivity contribution in [3.8, 4) is 0 Å². The number of carboxylic acid groups (broad SMARTS) is 1. The van der Waals surface area contributed by atoms with E-state index < -0.39 is 73.9 Å². The number of aliphatic hydroxyl groups excluding tert-OH is 2. The third-order valence-electron chi connectivity index (χ3n) is 11.3. The number of hydrogen-bond acceptors (Lipinski definition) is 11. The van der Waals surface area contributed by atoms with E-state index in [9.17, 15) is 34.5 Å². The molecule has 0 spiro atoms. The van der Waals surface area contributed by atoms with Crippen molar-refractivity contribution in [1.29, 1.82) is 0 Å². The van der Waals surface area contributed by atoms with Crippen molar-refractivity contribution in [2.24, 2.45) is 0 Å². The van der Waals surface area contributed by atoms with Crippen LogP contribution >= 0.6 is 0 Å². The number of aliphatic carboxylic acids is 1. The van der Waals surface area contributed by atoms with Crippen LogP contribution in [-0.2, 0) is 42.9 Å². The van der Waals surface area contributed by atoms with Gasteiger partial charge in [0.1, 0.15) is 18.8 Å². The van der Waals surface area contributed by atoms with E-state index in [0.29, 0.717) is 25.7 Å². The number of unbranched alkanes of at least 4 members (excludes halogenated alkanes) is 3. The second-order valence-corrected chi connectivity index (χ2v) is 18.1. The van der Waals surface area contributed by atoms with Gasteiger partial charge < -0.3 is 39.0 Å². The number of carboxylic acids is 1. The topological polar surface area (TPSA) is 175 Å². The summed E-state index contributed by atoms with van der Waals surface area (Å²) in [5.41, 5.74) is 0. The van der Waals surface area contributed by atoms with Gasteiger partial charge in [0.15, 0.2) is 24.6 Å². The molecule has 12 heteroatoms. The minimum Gasteiger partial charge on any atom is -0.479 e. The summed E-state index contributed by atoms with van der Waals surface area (Å²) in [4.78, 5) is 51.0. The average molecular weight is 1070 g/mol. The molecule has 1 saturated heterocycles. The number of ether oxygens (including phenoxy) is 5. The number of carbonyl (C=O) groups is 4. The highest BCUT2D eigenvalue weighted by atomic mass is 16.7. The maximum Gasteiger partial charge on any atom is 0.335 e. The molecule has 0 saturated carbocycles. The Morgan fingerprint density at radius 3 is 1.23 bits per heavy atom. The summed E-state index contributed by atoms with van der Waals surface area (Å²) in [6.45, 7) is 5.46. The second kappa shape index (κ2) is 50.9. The van der Waals surface area contributed by atoms with E-state index in [1.807, 2.05) is 30.4 Å². The smallest absolute Gasteiger partial charge is 0.335 e. The third-order valence-corrected chi connectivity index (χ3v) is 11.3. The largest absolute Gasteiger partial charge is 0.479 e. The van der Waals surface area contributed by atoms with Gasteiger partial charge in [0.25, 0.3) is 0 Å². The van der Waals surface area contributed by atoms with Crippen molar-refractivity contribution in [2.45, 2.75) is 199 Å². The molecule has 1 aliphatic heterocycles. The van der Waals surface area contributed by atoms with Gasteiger partial charge in [-0.1, -0.05) is 191 Å². The van der Waals surface area contributed by atoms with E-state index in [-0.39, 0.29) is 19.3 Å². The molecule has 6 atom stereocenters. The van der Waals surface area contributed by atoms with Crippen LogP contribution in [0.15, 0.2) is 170 Å². The van der Waals surface area contributed by atoms with E-state index in [0.717, 1.165) is 96.3 Å². The van der Waals surface area contributed by atoms with Gasteiger partial charge in [0, 0.05) is 12.8 Å². The molecular formula is C65H94O12. The number of hydrogen-bond donors (Lipinski definition) is 3. The molecule has 0 bridgehead atoms. The van der Waals surface area contributed by atoms with Crippen molar-refractivity contribution < 1.29 is 58.2 Å². The molecule has 3 N–H and O–H groups in total.